The Hall–Kier alpha value is -1.39. The average Bonchev–Trinajstić information content (AvgIpc) is 2.87. The quantitative estimate of drug-likeness (QED) is 0.870. The number of carbonyl (C=O) groups excluding carboxylic acids is 1. The zero-order valence-electron chi connectivity index (χ0n) is 15.3. The SMILES string of the molecule is CC(C)CCN1CC2(CN(C)CC2CNC(=O)c2ccccc2)C1. The molecule has 24 heavy (non-hydrogen) atoms. The van der Waals surface area contributed by atoms with Gasteiger partial charge in [-0.1, -0.05) is 32.0 Å². The van der Waals surface area contributed by atoms with Crippen LogP contribution in [0.1, 0.15) is 30.6 Å². The number of benzene rings is 1. The molecule has 0 radical (unpaired) electrons. The van der Waals surface area contributed by atoms with Gasteiger partial charge >= 0.3 is 0 Å². The van der Waals surface area contributed by atoms with Gasteiger partial charge < -0.3 is 15.1 Å². The molecule has 2 aliphatic heterocycles. The van der Waals surface area contributed by atoms with Crippen molar-refractivity contribution in [1.29, 1.82) is 0 Å². The van der Waals surface area contributed by atoms with E-state index in [-0.39, 0.29) is 5.91 Å². The Morgan fingerprint density at radius 3 is 2.62 bits per heavy atom. The molecule has 2 fully saturated rings. The number of nitrogens with zero attached hydrogens (tertiary/aromatic N) is 2. The topological polar surface area (TPSA) is 35.6 Å². The number of carbonyl (C=O) groups is 1. The minimum atomic E-state index is 0.0521. The zero-order chi connectivity index (χ0) is 17.2. The van der Waals surface area contributed by atoms with Crippen molar-refractivity contribution in [2.75, 3.05) is 46.3 Å². The summed E-state index contributed by atoms with van der Waals surface area (Å²) in [5.74, 6) is 1.38. The number of hydrogen-bond acceptors (Lipinski definition) is 3. The van der Waals surface area contributed by atoms with Gasteiger partial charge in [-0.25, -0.2) is 0 Å². The Morgan fingerprint density at radius 2 is 1.96 bits per heavy atom. The molecule has 4 heteroatoms. The van der Waals surface area contributed by atoms with E-state index in [9.17, 15) is 4.79 Å². The molecule has 4 nitrogen and oxygen atoms in total. The van der Waals surface area contributed by atoms with Gasteiger partial charge in [0.1, 0.15) is 0 Å². The van der Waals surface area contributed by atoms with Crippen LogP contribution in [0.5, 0.6) is 0 Å². The normalized spacial score (nSPS) is 23.6. The maximum atomic E-state index is 12.3. The van der Waals surface area contributed by atoms with E-state index in [0.29, 0.717) is 11.3 Å². The summed E-state index contributed by atoms with van der Waals surface area (Å²) >= 11 is 0. The van der Waals surface area contributed by atoms with E-state index >= 15 is 0 Å². The van der Waals surface area contributed by atoms with Crippen LogP contribution >= 0.6 is 0 Å². The molecule has 1 unspecified atom stereocenters. The monoisotopic (exact) mass is 329 g/mol. The lowest BCUT2D eigenvalue weighted by Crippen LogP contribution is -2.61. The standard InChI is InChI=1S/C20H31N3O/c1-16(2)9-10-23-14-20(15-23)13-22(3)12-18(20)11-21-19(24)17-7-5-4-6-8-17/h4-8,16,18H,9-15H2,1-3H3,(H,21,24). The minimum Gasteiger partial charge on any atom is -0.352 e. The van der Waals surface area contributed by atoms with E-state index in [1.807, 2.05) is 30.3 Å². The number of hydrogen-bond donors (Lipinski definition) is 1. The zero-order valence-corrected chi connectivity index (χ0v) is 15.3. The van der Waals surface area contributed by atoms with Gasteiger partial charge in [-0.3, -0.25) is 4.79 Å². The molecule has 1 aromatic rings. The van der Waals surface area contributed by atoms with Crippen molar-refractivity contribution >= 4 is 5.91 Å². The summed E-state index contributed by atoms with van der Waals surface area (Å²) in [6.07, 6.45) is 1.28. The summed E-state index contributed by atoms with van der Waals surface area (Å²) in [7, 11) is 2.21. The highest BCUT2D eigenvalue weighted by atomic mass is 16.1. The van der Waals surface area contributed by atoms with Crippen LogP contribution in [0.15, 0.2) is 30.3 Å². The van der Waals surface area contributed by atoms with Gasteiger partial charge in [0.15, 0.2) is 0 Å². The van der Waals surface area contributed by atoms with Crippen molar-refractivity contribution in [2.24, 2.45) is 17.3 Å². The first-order valence-corrected chi connectivity index (χ1v) is 9.23. The van der Waals surface area contributed by atoms with Crippen LogP contribution in [0.4, 0.5) is 0 Å². The Morgan fingerprint density at radius 1 is 1.25 bits per heavy atom. The van der Waals surface area contributed by atoms with E-state index in [2.05, 4.69) is 36.0 Å². The first kappa shape index (κ1) is 17.4. The maximum absolute atomic E-state index is 12.3. The summed E-state index contributed by atoms with van der Waals surface area (Å²) in [6.45, 7) is 11.2. The maximum Gasteiger partial charge on any atom is 0.251 e. The molecule has 0 aromatic heterocycles. The van der Waals surface area contributed by atoms with Crippen molar-refractivity contribution in [3.8, 4) is 0 Å². The number of likely N-dealkylation sites (tertiary alicyclic amines) is 2. The van der Waals surface area contributed by atoms with Crippen molar-refractivity contribution < 1.29 is 4.79 Å². The van der Waals surface area contributed by atoms with E-state index in [1.54, 1.807) is 0 Å². The van der Waals surface area contributed by atoms with Crippen molar-refractivity contribution in [1.82, 2.24) is 15.1 Å². The predicted octanol–water partition coefficient (Wildman–Crippen LogP) is 2.33. The van der Waals surface area contributed by atoms with E-state index in [0.717, 1.165) is 31.1 Å². The summed E-state index contributed by atoms with van der Waals surface area (Å²) in [6, 6.07) is 9.53. The van der Waals surface area contributed by atoms with Gasteiger partial charge in [0.05, 0.1) is 0 Å². The Kier molecular flexibility index (Phi) is 5.26. The molecular weight excluding hydrogens is 298 g/mol. The van der Waals surface area contributed by atoms with Crippen LogP contribution in [-0.4, -0.2) is 62.0 Å². The molecule has 1 atom stereocenters. The van der Waals surface area contributed by atoms with E-state index < -0.39 is 0 Å². The number of amides is 1. The Bertz CT molecular complexity index is 551. The average molecular weight is 329 g/mol. The van der Waals surface area contributed by atoms with Crippen LogP contribution in [0.2, 0.25) is 0 Å². The summed E-state index contributed by atoms with van der Waals surface area (Å²) < 4.78 is 0. The molecule has 1 amide bonds. The van der Waals surface area contributed by atoms with Crippen LogP contribution in [0.25, 0.3) is 0 Å². The summed E-state index contributed by atoms with van der Waals surface area (Å²) in [5.41, 5.74) is 1.14. The second-order valence-corrected chi connectivity index (χ2v) is 8.23. The first-order chi connectivity index (χ1) is 11.5. The molecule has 132 valence electrons. The number of rotatable bonds is 6. The molecule has 1 spiro atoms. The van der Waals surface area contributed by atoms with E-state index in [4.69, 9.17) is 0 Å². The van der Waals surface area contributed by atoms with Crippen LogP contribution in [0, 0.1) is 17.3 Å². The third-order valence-electron chi connectivity index (χ3n) is 5.63. The van der Waals surface area contributed by atoms with Gasteiger partial charge in [-0.2, -0.15) is 0 Å². The third kappa shape index (κ3) is 3.81. The lowest BCUT2D eigenvalue weighted by atomic mass is 9.71. The fourth-order valence-electron chi connectivity index (χ4n) is 4.29. The highest BCUT2D eigenvalue weighted by molar-refractivity contribution is 5.94. The fraction of sp³-hybridized carbons (Fsp3) is 0.650. The van der Waals surface area contributed by atoms with Gasteiger partial charge in [0.2, 0.25) is 0 Å². The van der Waals surface area contributed by atoms with Crippen LogP contribution in [-0.2, 0) is 0 Å². The largest absolute Gasteiger partial charge is 0.352 e. The summed E-state index contributed by atoms with van der Waals surface area (Å²) in [5, 5.41) is 3.17. The Labute approximate surface area is 146 Å². The highest BCUT2D eigenvalue weighted by Crippen LogP contribution is 2.43. The fourth-order valence-corrected chi connectivity index (χ4v) is 4.29. The Balaban J connectivity index is 1.52. The van der Waals surface area contributed by atoms with Crippen molar-refractivity contribution in [3.05, 3.63) is 35.9 Å². The predicted molar refractivity (Wildman–Crippen MR) is 98.1 cm³/mol. The lowest BCUT2D eigenvalue weighted by Gasteiger charge is -2.51. The van der Waals surface area contributed by atoms with Gasteiger partial charge in [-0.05, 0) is 44.0 Å². The van der Waals surface area contributed by atoms with Gasteiger partial charge in [-0.15, -0.1) is 0 Å². The molecule has 0 bridgehead atoms. The third-order valence-corrected chi connectivity index (χ3v) is 5.63. The molecule has 0 aliphatic carbocycles. The van der Waals surface area contributed by atoms with Crippen LogP contribution < -0.4 is 5.32 Å². The molecule has 1 N–H and O–H groups in total. The van der Waals surface area contributed by atoms with Gasteiger partial charge in [0.25, 0.3) is 5.91 Å². The highest BCUT2D eigenvalue weighted by Gasteiger charge is 2.52. The number of nitrogens with one attached hydrogen (secondary N) is 1. The molecule has 2 aliphatic rings. The molecule has 2 saturated heterocycles. The smallest absolute Gasteiger partial charge is 0.251 e. The summed E-state index contributed by atoms with van der Waals surface area (Å²) in [4.78, 5) is 17.3. The van der Waals surface area contributed by atoms with Gasteiger partial charge in [0, 0.05) is 43.7 Å². The molecule has 2 heterocycles. The molecule has 3 rings (SSSR count). The van der Waals surface area contributed by atoms with Crippen LogP contribution in [0.3, 0.4) is 0 Å². The van der Waals surface area contributed by atoms with Crippen molar-refractivity contribution in [3.63, 3.8) is 0 Å². The minimum absolute atomic E-state index is 0.0521. The first-order valence-electron chi connectivity index (χ1n) is 9.23. The lowest BCUT2D eigenvalue weighted by molar-refractivity contribution is -0.0225. The second kappa shape index (κ2) is 7.24. The molecular formula is C20H31N3O. The van der Waals surface area contributed by atoms with Crippen molar-refractivity contribution in [2.45, 2.75) is 20.3 Å². The van der Waals surface area contributed by atoms with E-state index in [1.165, 1.54) is 26.1 Å². The second-order valence-electron chi connectivity index (χ2n) is 8.23. The molecule has 0 saturated carbocycles. The molecule has 1 aromatic carbocycles.